The van der Waals surface area contributed by atoms with Crippen LogP contribution in [0.3, 0.4) is 0 Å². The Balaban J connectivity index is 2.26. The van der Waals surface area contributed by atoms with Gasteiger partial charge < -0.3 is 10.4 Å². The number of nitrogens with one attached hydrogen (secondary N) is 1. The largest absolute Gasteiger partial charge is 0.478 e. The predicted molar refractivity (Wildman–Crippen MR) is 96.1 cm³/mol. The lowest BCUT2D eigenvalue weighted by Crippen LogP contribution is -2.27. The standard InChI is InChI=1S/C19H17N3O4/c1-11-16(13-6-8-20-9-7-13)18(17(19(23)24)12(2)21-11)14-4-3-5-15(10-14)22(25)26/h3-10,18,21H,1-2H3,(H,23,24). The highest BCUT2D eigenvalue weighted by Crippen LogP contribution is 2.43. The van der Waals surface area contributed by atoms with Crippen LogP contribution in [0.4, 0.5) is 5.69 Å². The first-order valence-electron chi connectivity index (χ1n) is 7.96. The van der Waals surface area contributed by atoms with Crippen LogP contribution in [0.25, 0.3) is 5.57 Å². The van der Waals surface area contributed by atoms with Gasteiger partial charge in [0.15, 0.2) is 0 Å². The first-order valence-corrected chi connectivity index (χ1v) is 7.96. The quantitative estimate of drug-likeness (QED) is 0.645. The maximum Gasteiger partial charge on any atom is 0.334 e. The SMILES string of the molecule is CC1=C(C(=O)O)C(c2cccc([N+](=O)[O-])c2)C(c2ccncc2)=C(C)N1. The van der Waals surface area contributed by atoms with Crippen molar-refractivity contribution in [3.05, 3.63) is 87.0 Å². The minimum atomic E-state index is -1.06. The Morgan fingerprint density at radius 2 is 1.88 bits per heavy atom. The molecule has 0 aliphatic carbocycles. The first-order chi connectivity index (χ1) is 12.4. The van der Waals surface area contributed by atoms with Crippen molar-refractivity contribution >= 4 is 17.2 Å². The molecule has 2 N–H and O–H groups in total. The number of nitro benzene ring substituents is 1. The fourth-order valence-electron chi connectivity index (χ4n) is 3.34. The number of rotatable bonds is 4. The minimum absolute atomic E-state index is 0.0739. The van der Waals surface area contributed by atoms with E-state index in [-0.39, 0.29) is 11.3 Å². The average molecular weight is 351 g/mol. The van der Waals surface area contributed by atoms with Crippen LogP contribution < -0.4 is 5.32 Å². The Morgan fingerprint density at radius 1 is 1.19 bits per heavy atom. The van der Waals surface area contributed by atoms with E-state index in [0.29, 0.717) is 11.3 Å². The molecular formula is C19H17N3O4. The normalized spacial score (nSPS) is 17.1. The highest BCUT2D eigenvalue weighted by atomic mass is 16.6. The second kappa shape index (κ2) is 6.79. The van der Waals surface area contributed by atoms with Crippen molar-refractivity contribution < 1.29 is 14.8 Å². The number of dihydropyridines is 1. The Hall–Kier alpha value is -3.48. The first kappa shape index (κ1) is 17.3. The molecule has 1 aromatic heterocycles. The summed E-state index contributed by atoms with van der Waals surface area (Å²) in [6.45, 7) is 3.56. The molecule has 1 aliphatic heterocycles. The van der Waals surface area contributed by atoms with Crippen molar-refractivity contribution in [3.63, 3.8) is 0 Å². The average Bonchev–Trinajstić information content (AvgIpc) is 2.61. The molecule has 1 aromatic carbocycles. The molecule has 0 bridgehead atoms. The van der Waals surface area contributed by atoms with Gasteiger partial charge in [-0.15, -0.1) is 0 Å². The molecule has 1 aliphatic rings. The van der Waals surface area contributed by atoms with Gasteiger partial charge in [0, 0.05) is 41.8 Å². The minimum Gasteiger partial charge on any atom is -0.478 e. The van der Waals surface area contributed by atoms with Gasteiger partial charge in [-0.05, 0) is 42.7 Å². The number of nitro groups is 1. The highest BCUT2D eigenvalue weighted by molar-refractivity contribution is 5.96. The zero-order valence-electron chi connectivity index (χ0n) is 14.3. The Morgan fingerprint density at radius 3 is 2.50 bits per heavy atom. The molecule has 0 spiro atoms. The van der Waals surface area contributed by atoms with E-state index in [1.165, 1.54) is 12.1 Å². The van der Waals surface area contributed by atoms with Crippen molar-refractivity contribution in [2.24, 2.45) is 0 Å². The van der Waals surface area contributed by atoms with Crippen molar-refractivity contribution in [2.45, 2.75) is 19.8 Å². The van der Waals surface area contributed by atoms with E-state index in [9.17, 15) is 20.0 Å². The molecule has 7 heteroatoms. The van der Waals surface area contributed by atoms with E-state index in [0.717, 1.165) is 16.8 Å². The van der Waals surface area contributed by atoms with Gasteiger partial charge in [-0.1, -0.05) is 12.1 Å². The summed E-state index contributed by atoms with van der Waals surface area (Å²) in [5.41, 5.74) is 3.55. The summed E-state index contributed by atoms with van der Waals surface area (Å²) in [6, 6.07) is 9.71. The van der Waals surface area contributed by atoms with Gasteiger partial charge in [-0.25, -0.2) is 4.79 Å². The van der Waals surface area contributed by atoms with Crippen LogP contribution in [-0.4, -0.2) is 21.0 Å². The Kier molecular flexibility index (Phi) is 4.53. The topological polar surface area (TPSA) is 105 Å². The molecule has 7 nitrogen and oxygen atoms in total. The second-order valence-electron chi connectivity index (χ2n) is 6.03. The van der Waals surface area contributed by atoms with Crippen molar-refractivity contribution in [3.8, 4) is 0 Å². The number of hydrogen-bond acceptors (Lipinski definition) is 5. The summed E-state index contributed by atoms with van der Waals surface area (Å²) >= 11 is 0. The van der Waals surface area contributed by atoms with Crippen LogP contribution in [0.1, 0.15) is 30.9 Å². The maximum atomic E-state index is 12.0. The van der Waals surface area contributed by atoms with Crippen LogP contribution in [0.2, 0.25) is 0 Å². The Labute approximate surface area is 149 Å². The zero-order valence-corrected chi connectivity index (χ0v) is 14.3. The van der Waals surface area contributed by atoms with Crippen LogP contribution in [0, 0.1) is 10.1 Å². The highest BCUT2D eigenvalue weighted by Gasteiger charge is 2.34. The van der Waals surface area contributed by atoms with Gasteiger partial charge in [0.1, 0.15) is 0 Å². The van der Waals surface area contributed by atoms with Crippen molar-refractivity contribution in [2.75, 3.05) is 0 Å². The van der Waals surface area contributed by atoms with Crippen LogP contribution in [0.5, 0.6) is 0 Å². The van der Waals surface area contributed by atoms with E-state index in [1.807, 2.05) is 6.92 Å². The molecule has 0 amide bonds. The number of nitrogens with zero attached hydrogens (tertiary/aromatic N) is 2. The van der Waals surface area contributed by atoms with E-state index >= 15 is 0 Å². The number of pyridine rings is 1. The molecule has 1 unspecified atom stereocenters. The molecule has 3 rings (SSSR count). The second-order valence-corrected chi connectivity index (χ2v) is 6.03. The summed E-state index contributed by atoms with van der Waals surface area (Å²) in [4.78, 5) is 26.7. The van der Waals surface area contributed by atoms with Crippen LogP contribution in [-0.2, 0) is 4.79 Å². The predicted octanol–water partition coefficient (Wildman–Crippen LogP) is 3.47. The van der Waals surface area contributed by atoms with Gasteiger partial charge in [0.05, 0.1) is 10.5 Å². The van der Waals surface area contributed by atoms with Gasteiger partial charge in [0.25, 0.3) is 5.69 Å². The number of carbonyl (C=O) groups is 1. The number of aromatic nitrogens is 1. The summed E-state index contributed by atoms with van der Waals surface area (Å²) in [6.07, 6.45) is 3.26. The van der Waals surface area contributed by atoms with E-state index < -0.39 is 16.8 Å². The van der Waals surface area contributed by atoms with Gasteiger partial charge in [-0.3, -0.25) is 15.1 Å². The van der Waals surface area contributed by atoms with Crippen LogP contribution >= 0.6 is 0 Å². The number of allylic oxidation sites excluding steroid dienone is 3. The number of hydrogen-bond donors (Lipinski definition) is 2. The molecule has 0 fully saturated rings. The monoisotopic (exact) mass is 351 g/mol. The van der Waals surface area contributed by atoms with Crippen LogP contribution in [0.15, 0.2) is 65.8 Å². The third-order valence-corrected chi connectivity index (χ3v) is 4.40. The van der Waals surface area contributed by atoms with Crippen molar-refractivity contribution in [1.29, 1.82) is 0 Å². The summed E-state index contributed by atoms with van der Waals surface area (Å²) < 4.78 is 0. The fourth-order valence-corrected chi connectivity index (χ4v) is 3.34. The molecule has 2 aromatic rings. The molecule has 0 saturated heterocycles. The summed E-state index contributed by atoms with van der Waals surface area (Å²) in [5, 5.41) is 24.1. The van der Waals surface area contributed by atoms with Crippen molar-refractivity contribution in [1.82, 2.24) is 10.3 Å². The molecule has 0 radical (unpaired) electrons. The fraction of sp³-hybridized carbons (Fsp3) is 0.158. The lowest BCUT2D eigenvalue weighted by molar-refractivity contribution is -0.384. The third-order valence-electron chi connectivity index (χ3n) is 4.40. The number of aliphatic carboxylic acids is 1. The molecule has 26 heavy (non-hydrogen) atoms. The smallest absolute Gasteiger partial charge is 0.334 e. The summed E-state index contributed by atoms with van der Waals surface area (Å²) in [5.74, 6) is -1.69. The van der Waals surface area contributed by atoms with E-state index in [2.05, 4.69) is 10.3 Å². The lowest BCUT2D eigenvalue weighted by atomic mass is 9.78. The number of carboxylic acids is 1. The molecule has 1 atom stereocenters. The zero-order chi connectivity index (χ0) is 18.8. The number of benzene rings is 1. The Bertz CT molecular complexity index is 948. The maximum absolute atomic E-state index is 12.0. The molecule has 2 heterocycles. The number of carboxylic acid groups (broad SMARTS) is 1. The van der Waals surface area contributed by atoms with Gasteiger partial charge in [-0.2, -0.15) is 0 Å². The van der Waals surface area contributed by atoms with Gasteiger partial charge in [0.2, 0.25) is 0 Å². The van der Waals surface area contributed by atoms with E-state index in [4.69, 9.17) is 0 Å². The third kappa shape index (κ3) is 3.06. The number of non-ortho nitro benzene ring substituents is 1. The van der Waals surface area contributed by atoms with Gasteiger partial charge >= 0.3 is 5.97 Å². The molecule has 0 saturated carbocycles. The lowest BCUT2D eigenvalue weighted by Gasteiger charge is -2.31. The van der Waals surface area contributed by atoms with E-state index in [1.54, 1.807) is 43.6 Å². The molecular weight excluding hydrogens is 334 g/mol. The molecule has 132 valence electrons. The summed E-state index contributed by atoms with van der Waals surface area (Å²) in [7, 11) is 0.